The number of oxime groups is 1. The molecular formula is C13H14BrN3OS. The van der Waals surface area contributed by atoms with Gasteiger partial charge in [-0.05, 0) is 40.6 Å². The number of nitrogens with two attached hydrogens (primary N) is 1. The second-order valence-corrected chi connectivity index (χ2v) is 5.83. The van der Waals surface area contributed by atoms with Crippen molar-refractivity contribution in [3.05, 3.63) is 50.6 Å². The van der Waals surface area contributed by atoms with Gasteiger partial charge in [-0.15, -0.1) is 0 Å². The molecule has 0 radical (unpaired) electrons. The summed E-state index contributed by atoms with van der Waals surface area (Å²) in [7, 11) is 1.98. The van der Waals surface area contributed by atoms with Gasteiger partial charge in [0.1, 0.15) is 0 Å². The quantitative estimate of drug-likeness (QED) is 0.389. The zero-order chi connectivity index (χ0) is 13.8. The van der Waals surface area contributed by atoms with Crippen LogP contribution in [0.2, 0.25) is 0 Å². The van der Waals surface area contributed by atoms with E-state index < -0.39 is 0 Å². The summed E-state index contributed by atoms with van der Waals surface area (Å²) in [5.74, 6) is 0.111. The molecule has 0 fully saturated rings. The van der Waals surface area contributed by atoms with Crippen molar-refractivity contribution in [3.8, 4) is 0 Å². The molecule has 1 aromatic heterocycles. The molecule has 0 spiro atoms. The molecule has 0 aliphatic carbocycles. The maximum atomic E-state index is 8.85. The minimum Gasteiger partial charge on any atom is -0.409 e. The molecule has 0 amide bonds. The third-order valence-electron chi connectivity index (χ3n) is 2.75. The number of hydrogen-bond donors (Lipinski definition) is 2. The van der Waals surface area contributed by atoms with Gasteiger partial charge in [0, 0.05) is 29.3 Å². The van der Waals surface area contributed by atoms with E-state index in [9.17, 15) is 0 Å². The van der Waals surface area contributed by atoms with Crippen LogP contribution in [-0.4, -0.2) is 18.1 Å². The molecular weight excluding hydrogens is 326 g/mol. The Hall–Kier alpha value is -1.53. The van der Waals surface area contributed by atoms with Crippen LogP contribution in [0, 0.1) is 0 Å². The van der Waals surface area contributed by atoms with Gasteiger partial charge in [0.15, 0.2) is 5.84 Å². The number of halogens is 1. The Morgan fingerprint density at radius 1 is 1.47 bits per heavy atom. The van der Waals surface area contributed by atoms with Gasteiger partial charge in [-0.3, -0.25) is 0 Å². The smallest absolute Gasteiger partial charge is 0.172 e. The highest BCUT2D eigenvalue weighted by Gasteiger charge is 2.12. The van der Waals surface area contributed by atoms with Crippen molar-refractivity contribution in [2.45, 2.75) is 6.54 Å². The maximum Gasteiger partial charge on any atom is 0.172 e. The molecule has 0 aliphatic heterocycles. The maximum absolute atomic E-state index is 8.85. The van der Waals surface area contributed by atoms with Crippen LogP contribution in [0.1, 0.15) is 11.1 Å². The van der Waals surface area contributed by atoms with E-state index in [4.69, 9.17) is 10.9 Å². The molecule has 0 unspecified atom stereocenters. The third kappa shape index (κ3) is 3.27. The Labute approximate surface area is 124 Å². The molecule has 1 heterocycles. The molecule has 4 nitrogen and oxygen atoms in total. The fraction of sp³-hybridized carbons (Fsp3) is 0.154. The number of rotatable bonds is 4. The summed E-state index contributed by atoms with van der Waals surface area (Å²) in [6.45, 7) is 0.770. The largest absolute Gasteiger partial charge is 0.409 e. The highest BCUT2D eigenvalue weighted by molar-refractivity contribution is 9.10. The van der Waals surface area contributed by atoms with Crippen LogP contribution in [0.4, 0.5) is 5.69 Å². The van der Waals surface area contributed by atoms with E-state index in [0.717, 1.165) is 16.7 Å². The molecule has 1 aromatic carbocycles. The topological polar surface area (TPSA) is 61.8 Å². The molecule has 0 bridgehead atoms. The average Bonchev–Trinajstić information content (AvgIpc) is 2.90. The Balaban J connectivity index is 2.34. The summed E-state index contributed by atoms with van der Waals surface area (Å²) in [5.41, 5.74) is 8.57. The predicted octanol–water partition coefficient (Wildman–Crippen LogP) is 3.24. The zero-order valence-electron chi connectivity index (χ0n) is 10.4. The number of nitrogens with zero attached hydrogens (tertiary/aromatic N) is 2. The summed E-state index contributed by atoms with van der Waals surface area (Å²) in [5, 5.41) is 16.1. The summed E-state index contributed by atoms with van der Waals surface area (Å²) in [6.07, 6.45) is 0. The van der Waals surface area contributed by atoms with Crippen molar-refractivity contribution in [1.82, 2.24) is 0 Å². The number of amidine groups is 1. The standard InChI is InChI=1S/C13H14BrN3OS/c1-17(7-9-4-5-19-8-9)12-6-10(14)2-3-11(12)13(15)16-18/h2-6,8,18H,7H2,1H3,(H2,15,16). The Bertz CT molecular complexity index is 584. The van der Waals surface area contributed by atoms with Crippen molar-refractivity contribution in [2.75, 3.05) is 11.9 Å². The first kappa shape index (κ1) is 13.9. The van der Waals surface area contributed by atoms with Gasteiger partial charge in [0.2, 0.25) is 0 Å². The second kappa shape index (κ2) is 6.08. The molecule has 0 atom stereocenters. The number of anilines is 1. The Morgan fingerprint density at radius 2 is 2.26 bits per heavy atom. The van der Waals surface area contributed by atoms with Crippen molar-refractivity contribution >= 4 is 38.8 Å². The van der Waals surface area contributed by atoms with Crippen molar-refractivity contribution in [1.29, 1.82) is 0 Å². The van der Waals surface area contributed by atoms with Crippen LogP contribution in [0.3, 0.4) is 0 Å². The van der Waals surface area contributed by atoms with Gasteiger partial charge >= 0.3 is 0 Å². The van der Waals surface area contributed by atoms with Gasteiger partial charge in [-0.1, -0.05) is 21.1 Å². The molecule has 0 saturated heterocycles. The summed E-state index contributed by atoms with van der Waals surface area (Å²) < 4.78 is 0.953. The summed E-state index contributed by atoms with van der Waals surface area (Å²) >= 11 is 5.12. The Kier molecular flexibility index (Phi) is 4.44. The van der Waals surface area contributed by atoms with Crippen LogP contribution in [-0.2, 0) is 6.54 Å². The van der Waals surface area contributed by atoms with E-state index in [0.29, 0.717) is 5.56 Å². The fourth-order valence-corrected chi connectivity index (χ4v) is 2.84. The van der Waals surface area contributed by atoms with Crippen molar-refractivity contribution < 1.29 is 5.21 Å². The van der Waals surface area contributed by atoms with Gasteiger partial charge in [-0.2, -0.15) is 11.3 Å². The molecule has 100 valence electrons. The van der Waals surface area contributed by atoms with Crippen molar-refractivity contribution in [3.63, 3.8) is 0 Å². The molecule has 2 aromatic rings. The lowest BCUT2D eigenvalue weighted by Crippen LogP contribution is -2.22. The van der Waals surface area contributed by atoms with Crippen LogP contribution in [0.5, 0.6) is 0 Å². The van der Waals surface area contributed by atoms with Gasteiger partial charge in [-0.25, -0.2) is 0 Å². The van der Waals surface area contributed by atoms with E-state index in [1.807, 2.05) is 25.2 Å². The first-order valence-electron chi connectivity index (χ1n) is 5.61. The zero-order valence-corrected chi connectivity index (χ0v) is 12.8. The minimum absolute atomic E-state index is 0.111. The van der Waals surface area contributed by atoms with Crippen LogP contribution >= 0.6 is 27.3 Å². The lowest BCUT2D eigenvalue weighted by molar-refractivity contribution is 0.318. The second-order valence-electron chi connectivity index (χ2n) is 4.13. The van der Waals surface area contributed by atoms with E-state index >= 15 is 0 Å². The van der Waals surface area contributed by atoms with E-state index in [1.54, 1.807) is 11.3 Å². The molecule has 3 N–H and O–H groups in total. The average molecular weight is 340 g/mol. The summed E-state index contributed by atoms with van der Waals surface area (Å²) in [4.78, 5) is 2.07. The molecule has 0 saturated carbocycles. The Morgan fingerprint density at radius 3 is 2.89 bits per heavy atom. The monoisotopic (exact) mass is 339 g/mol. The molecule has 0 aliphatic rings. The number of benzene rings is 1. The summed E-state index contributed by atoms with van der Waals surface area (Å²) in [6, 6.07) is 7.75. The SMILES string of the molecule is CN(Cc1ccsc1)c1cc(Br)ccc1/C(N)=N/O. The van der Waals surface area contributed by atoms with E-state index in [-0.39, 0.29) is 5.84 Å². The number of hydrogen-bond acceptors (Lipinski definition) is 4. The normalized spacial score (nSPS) is 11.6. The minimum atomic E-state index is 0.111. The molecule has 2 rings (SSSR count). The number of thiophene rings is 1. The van der Waals surface area contributed by atoms with Crippen LogP contribution in [0.15, 0.2) is 44.7 Å². The molecule has 19 heavy (non-hydrogen) atoms. The van der Waals surface area contributed by atoms with E-state index in [1.165, 1.54) is 5.56 Å². The highest BCUT2D eigenvalue weighted by Crippen LogP contribution is 2.26. The fourth-order valence-electron chi connectivity index (χ4n) is 1.83. The lowest BCUT2D eigenvalue weighted by Gasteiger charge is -2.22. The predicted molar refractivity (Wildman–Crippen MR) is 83.1 cm³/mol. The van der Waals surface area contributed by atoms with Crippen LogP contribution in [0.25, 0.3) is 0 Å². The van der Waals surface area contributed by atoms with Gasteiger partial charge in [0.25, 0.3) is 0 Å². The van der Waals surface area contributed by atoms with E-state index in [2.05, 4.69) is 42.8 Å². The van der Waals surface area contributed by atoms with Gasteiger partial charge < -0.3 is 15.8 Å². The first-order valence-corrected chi connectivity index (χ1v) is 7.35. The third-order valence-corrected chi connectivity index (χ3v) is 3.98. The first-order chi connectivity index (χ1) is 9.11. The lowest BCUT2D eigenvalue weighted by atomic mass is 10.1. The molecule has 6 heteroatoms. The van der Waals surface area contributed by atoms with Crippen molar-refractivity contribution in [2.24, 2.45) is 10.9 Å². The highest BCUT2D eigenvalue weighted by atomic mass is 79.9. The van der Waals surface area contributed by atoms with Crippen LogP contribution < -0.4 is 10.6 Å². The van der Waals surface area contributed by atoms with Gasteiger partial charge in [0.05, 0.1) is 0 Å².